The maximum atomic E-state index is 5.87. The number of fused-ring (bicyclic) bond motifs is 1. The molecule has 0 radical (unpaired) electrons. The van der Waals surface area contributed by atoms with Crippen molar-refractivity contribution in [1.82, 2.24) is 0 Å². The van der Waals surface area contributed by atoms with Crippen molar-refractivity contribution in [3.63, 3.8) is 0 Å². The van der Waals surface area contributed by atoms with Crippen molar-refractivity contribution >= 4 is 21.5 Å². The molecule has 1 aliphatic heterocycles. The Balaban J connectivity index is 2.04. The van der Waals surface area contributed by atoms with Crippen LogP contribution >= 0.6 is 15.9 Å². The first kappa shape index (κ1) is 11.2. The molecule has 1 unspecified atom stereocenters. The van der Waals surface area contributed by atoms with Gasteiger partial charge < -0.3 is 4.74 Å². The number of hydrogen-bond donors (Lipinski definition) is 0. The molecule has 0 fully saturated rings. The highest BCUT2D eigenvalue weighted by atomic mass is 79.9. The van der Waals surface area contributed by atoms with Gasteiger partial charge in [-0.05, 0) is 36.0 Å². The summed E-state index contributed by atoms with van der Waals surface area (Å²) in [5.74, 6) is 0. The number of halogens is 1. The zero-order valence-electron chi connectivity index (χ0n) is 9.66. The fourth-order valence-corrected chi connectivity index (χ4v) is 3.27. The van der Waals surface area contributed by atoms with Gasteiger partial charge in [-0.3, -0.25) is 0 Å². The minimum atomic E-state index is 0.218. The third kappa shape index (κ3) is 2.12. The van der Waals surface area contributed by atoms with Crippen molar-refractivity contribution < 1.29 is 4.74 Å². The lowest BCUT2D eigenvalue weighted by Gasteiger charge is -2.28. The van der Waals surface area contributed by atoms with Gasteiger partial charge in [0.15, 0.2) is 0 Å². The molecule has 88 valence electrons. The molecule has 1 atom stereocenters. The highest BCUT2D eigenvalue weighted by Gasteiger charge is 2.25. The Kier molecular flexibility index (Phi) is 3.17. The summed E-state index contributed by atoms with van der Waals surface area (Å²) in [5, 5.41) is 0. The topological polar surface area (TPSA) is 9.23 Å². The molecule has 0 bridgehead atoms. The Labute approximate surface area is 110 Å². The second-order valence-electron chi connectivity index (χ2n) is 4.50. The zero-order chi connectivity index (χ0) is 11.7. The summed E-state index contributed by atoms with van der Waals surface area (Å²) in [7, 11) is 0. The van der Waals surface area contributed by atoms with Crippen LogP contribution in [0.5, 0.6) is 0 Å². The van der Waals surface area contributed by atoms with Crippen LogP contribution in [0.1, 0.15) is 24.0 Å². The Hall–Kier alpha value is -0.860. The third-order valence-corrected chi connectivity index (χ3v) is 4.27. The molecule has 0 amide bonds. The van der Waals surface area contributed by atoms with Crippen molar-refractivity contribution in [2.75, 3.05) is 6.61 Å². The van der Waals surface area contributed by atoms with Gasteiger partial charge in [-0.2, -0.15) is 0 Å². The van der Waals surface area contributed by atoms with E-state index in [0.29, 0.717) is 0 Å². The molecule has 1 nitrogen and oxygen atoms in total. The number of benzene rings is 1. The number of allylic oxidation sites excluding steroid dienone is 1. The lowest BCUT2D eigenvalue weighted by atomic mass is 9.86. The molecule has 0 spiro atoms. The Morgan fingerprint density at radius 2 is 2.00 bits per heavy atom. The second kappa shape index (κ2) is 4.79. The average molecular weight is 291 g/mol. The van der Waals surface area contributed by atoms with Crippen molar-refractivity contribution in [3.05, 3.63) is 52.0 Å². The first-order valence-corrected chi connectivity index (χ1v) is 6.89. The van der Waals surface area contributed by atoms with Crippen LogP contribution in [0, 0.1) is 0 Å². The average Bonchev–Trinajstić information content (AvgIpc) is 2.39. The van der Waals surface area contributed by atoms with Crippen LogP contribution < -0.4 is 0 Å². The van der Waals surface area contributed by atoms with Crippen LogP contribution in [-0.4, -0.2) is 12.7 Å². The maximum absolute atomic E-state index is 5.87. The lowest BCUT2D eigenvalue weighted by molar-refractivity contribution is 0.109. The molecule has 1 aliphatic carbocycles. The summed E-state index contributed by atoms with van der Waals surface area (Å²) in [6.45, 7) is 0.733. The van der Waals surface area contributed by atoms with E-state index in [0.717, 1.165) is 25.9 Å². The first-order chi connectivity index (χ1) is 8.36. The maximum Gasteiger partial charge on any atom is 0.0877 e. The van der Waals surface area contributed by atoms with Crippen LogP contribution in [0.2, 0.25) is 0 Å². The zero-order valence-corrected chi connectivity index (χ0v) is 11.2. The molecule has 17 heavy (non-hydrogen) atoms. The normalized spacial score (nSPS) is 23.7. The van der Waals surface area contributed by atoms with Gasteiger partial charge in [0.05, 0.1) is 12.7 Å². The standard InChI is InChI=1S/C15H15BrO/c16-13-9-8-11-5-1-2-6-12(11)15(13)14-7-3-4-10-17-14/h1-6,14H,7-10H2. The van der Waals surface area contributed by atoms with Gasteiger partial charge >= 0.3 is 0 Å². The predicted molar refractivity (Wildman–Crippen MR) is 74.1 cm³/mol. The summed E-state index contributed by atoms with van der Waals surface area (Å²) in [6, 6.07) is 8.68. The first-order valence-electron chi connectivity index (χ1n) is 6.09. The van der Waals surface area contributed by atoms with Crippen LogP contribution in [-0.2, 0) is 11.2 Å². The smallest absolute Gasteiger partial charge is 0.0877 e. The van der Waals surface area contributed by atoms with E-state index in [9.17, 15) is 0 Å². The summed E-state index contributed by atoms with van der Waals surface area (Å²) in [4.78, 5) is 0. The SMILES string of the molecule is BrC1=C(C2CC=CCO2)c2ccccc2CC1. The van der Waals surface area contributed by atoms with Crippen molar-refractivity contribution in [1.29, 1.82) is 0 Å². The summed E-state index contributed by atoms with van der Waals surface area (Å²) in [6.07, 6.45) is 7.74. The van der Waals surface area contributed by atoms with E-state index < -0.39 is 0 Å². The molecule has 1 aromatic carbocycles. The van der Waals surface area contributed by atoms with E-state index in [1.165, 1.54) is 21.2 Å². The van der Waals surface area contributed by atoms with E-state index in [1.807, 2.05) is 0 Å². The molecule has 1 aromatic rings. The number of aryl methyl sites for hydroxylation is 1. The fourth-order valence-electron chi connectivity index (χ4n) is 2.60. The van der Waals surface area contributed by atoms with Gasteiger partial charge in [-0.15, -0.1) is 0 Å². The van der Waals surface area contributed by atoms with Gasteiger partial charge in [-0.25, -0.2) is 0 Å². The minimum absolute atomic E-state index is 0.218. The highest BCUT2D eigenvalue weighted by molar-refractivity contribution is 9.11. The van der Waals surface area contributed by atoms with Gasteiger partial charge in [0, 0.05) is 4.48 Å². The van der Waals surface area contributed by atoms with Crippen LogP contribution in [0.15, 0.2) is 40.9 Å². The molecule has 2 heteroatoms. The van der Waals surface area contributed by atoms with E-state index in [-0.39, 0.29) is 6.10 Å². The molecule has 0 N–H and O–H groups in total. The Morgan fingerprint density at radius 1 is 1.12 bits per heavy atom. The molecule has 1 heterocycles. The molecule has 0 saturated carbocycles. The summed E-state index contributed by atoms with van der Waals surface area (Å²) < 4.78 is 7.19. The number of ether oxygens (including phenoxy) is 1. The fraction of sp³-hybridized carbons (Fsp3) is 0.333. The molecule has 0 aromatic heterocycles. The van der Waals surface area contributed by atoms with Gasteiger partial charge in [-0.1, -0.05) is 52.3 Å². The molecule has 0 saturated heterocycles. The van der Waals surface area contributed by atoms with Crippen molar-refractivity contribution in [2.24, 2.45) is 0 Å². The Morgan fingerprint density at radius 3 is 2.82 bits per heavy atom. The third-order valence-electron chi connectivity index (χ3n) is 3.45. The number of rotatable bonds is 1. The molecule has 2 aliphatic rings. The monoisotopic (exact) mass is 290 g/mol. The van der Waals surface area contributed by atoms with Crippen molar-refractivity contribution in [3.8, 4) is 0 Å². The van der Waals surface area contributed by atoms with Crippen LogP contribution in [0.3, 0.4) is 0 Å². The van der Waals surface area contributed by atoms with E-state index in [1.54, 1.807) is 0 Å². The van der Waals surface area contributed by atoms with Crippen LogP contribution in [0.4, 0.5) is 0 Å². The minimum Gasteiger partial charge on any atom is -0.369 e. The van der Waals surface area contributed by atoms with E-state index >= 15 is 0 Å². The highest BCUT2D eigenvalue weighted by Crippen LogP contribution is 2.38. The van der Waals surface area contributed by atoms with Gasteiger partial charge in [0.25, 0.3) is 0 Å². The van der Waals surface area contributed by atoms with Gasteiger partial charge in [0.1, 0.15) is 0 Å². The second-order valence-corrected chi connectivity index (χ2v) is 5.46. The molecular weight excluding hydrogens is 276 g/mol. The summed E-state index contributed by atoms with van der Waals surface area (Å²) in [5.41, 5.74) is 4.17. The molecule has 3 rings (SSSR count). The quantitative estimate of drug-likeness (QED) is 0.708. The van der Waals surface area contributed by atoms with Gasteiger partial charge in [0.2, 0.25) is 0 Å². The Bertz CT molecular complexity index is 487. The lowest BCUT2D eigenvalue weighted by Crippen LogP contribution is -2.21. The van der Waals surface area contributed by atoms with E-state index in [4.69, 9.17) is 4.74 Å². The summed E-state index contributed by atoms with van der Waals surface area (Å²) >= 11 is 3.74. The number of hydrogen-bond acceptors (Lipinski definition) is 1. The van der Waals surface area contributed by atoms with Crippen LogP contribution in [0.25, 0.3) is 5.57 Å². The van der Waals surface area contributed by atoms with Crippen molar-refractivity contribution in [2.45, 2.75) is 25.4 Å². The largest absolute Gasteiger partial charge is 0.369 e. The van der Waals surface area contributed by atoms with E-state index in [2.05, 4.69) is 52.3 Å². The predicted octanol–water partition coefficient (Wildman–Crippen LogP) is 4.08. The molecular formula is C15H15BrO.